The molecule has 0 radical (unpaired) electrons. The van der Waals surface area contributed by atoms with Crippen molar-refractivity contribution in [3.63, 3.8) is 0 Å². The molecule has 1 unspecified atom stereocenters. The molecular formula is C15H20N4. The summed E-state index contributed by atoms with van der Waals surface area (Å²) in [4.78, 5) is 9.88. The summed E-state index contributed by atoms with van der Waals surface area (Å²) in [5, 5.41) is 3.56. The first-order valence-electron chi connectivity index (χ1n) is 6.74. The number of hydrogen-bond donors (Lipinski definition) is 2. The van der Waals surface area contributed by atoms with Crippen molar-refractivity contribution in [2.45, 2.75) is 25.9 Å². The summed E-state index contributed by atoms with van der Waals surface area (Å²) in [7, 11) is 2.15. The molecule has 1 aromatic heterocycles. The van der Waals surface area contributed by atoms with Gasteiger partial charge in [-0.2, -0.15) is 0 Å². The largest absolute Gasteiger partial charge is 0.373 e. The van der Waals surface area contributed by atoms with E-state index in [-0.39, 0.29) is 0 Å². The van der Waals surface area contributed by atoms with E-state index in [1.165, 1.54) is 22.6 Å². The number of nitrogens with one attached hydrogen (secondary N) is 2. The number of rotatable bonds is 3. The van der Waals surface area contributed by atoms with Crippen LogP contribution in [0, 0.1) is 6.92 Å². The van der Waals surface area contributed by atoms with Crippen LogP contribution in [0.1, 0.15) is 17.0 Å². The second-order valence-corrected chi connectivity index (χ2v) is 5.33. The highest BCUT2D eigenvalue weighted by molar-refractivity contribution is 5.47. The number of aromatic amines is 1. The average Bonchev–Trinajstić information content (AvgIpc) is 2.86. The molecule has 0 bridgehead atoms. The van der Waals surface area contributed by atoms with Crippen LogP contribution in [0.3, 0.4) is 0 Å². The molecule has 0 saturated heterocycles. The molecule has 19 heavy (non-hydrogen) atoms. The van der Waals surface area contributed by atoms with Gasteiger partial charge in [-0.05, 0) is 24.6 Å². The maximum atomic E-state index is 4.39. The number of imidazole rings is 1. The van der Waals surface area contributed by atoms with Crippen molar-refractivity contribution in [3.8, 4) is 0 Å². The van der Waals surface area contributed by atoms with Gasteiger partial charge in [-0.1, -0.05) is 12.1 Å². The number of hydrogen-bond acceptors (Lipinski definition) is 3. The molecule has 0 saturated carbocycles. The summed E-state index contributed by atoms with van der Waals surface area (Å²) in [6.07, 6.45) is 2.79. The number of H-pyrrole nitrogens is 1. The molecule has 4 heteroatoms. The molecule has 0 aliphatic carbocycles. The topological polar surface area (TPSA) is 44.0 Å². The molecule has 1 aliphatic rings. The number of benzene rings is 1. The van der Waals surface area contributed by atoms with E-state index in [4.69, 9.17) is 0 Å². The van der Waals surface area contributed by atoms with Crippen LogP contribution in [0.2, 0.25) is 0 Å². The zero-order chi connectivity index (χ0) is 13.2. The Hall–Kier alpha value is -1.81. The minimum absolute atomic E-state index is 0.460. The Morgan fingerprint density at radius 1 is 1.42 bits per heavy atom. The lowest BCUT2D eigenvalue weighted by Crippen LogP contribution is -2.43. The SMILES string of the molecule is Cc1cccc(N(C)CC2Cc3nc[nH]c3CN2)c1. The van der Waals surface area contributed by atoms with Crippen LogP contribution in [-0.2, 0) is 13.0 Å². The van der Waals surface area contributed by atoms with Gasteiger partial charge in [0.1, 0.15) is 0 Å². The lowest BCUT2D eigenvalue weighted by Gasteiger charge is -2.29. The van der Waals surface area contributed by atoms with Crippen molar-refractivity contribution in [2.75, 3.05) is 18.5 Å². The quantitative estimate of drug-likeness (QED) is 0.881. The first kappa shape index (κ1) is 12.2. The van der Waals surface area contributed by atoms with Gasteiger partial charge >= 0.3 is 0 Å². The maximum Gasteiger partial charge on any atom is 0.0925 e. The van der Waals surface area contributed by atoms with Gasteiger partial charge in [-0.15, -0.1) is 0 Å². The van der Waals surface area contributed by atoms with Gasteiger partial charge in [0.15, 0.2) is 0 Å². The van der Waals surface area contributed by atoms with E-state index in [0.717, 1.165) is 19.5 Å². The van der Waals surface area contributed by atoms with Crippen molar-refractivity contribution < 1.29 is 0 Å². The predicted octanol–water partition coefficient (Wildman–Crippen LogP) is 1.87. The summed E-state index contributed by atoms with van der Waals surface area (Å²) in [5.41, 5.74) is 5.01. The van der Waals surface area contributed by atoms with E-state index in [1.54, 1.807) is 6.33 Å². The second kappa shape index (κ2) is 5.05. The predicted molar refractivity (Wildman–Crippen MR) is 77.4 cm³/mol. The molecule has 1 atom stereocenters. The fourth-order valence-electron chi connectivity index (χ4n) is 2.66. The third kappa shape index (κ3) is 2.63. The Bertz CT molecular complexity index is 561. The van der Waals surface area contributed by atoms with Crippen LogP contribution in [-0.4, -0.2) is 29.6 Å². The highest BCUT2D eigenvalue weighted by Crippen LogP contribution is 2.17. The number of anilines is 1. The lowest BCUT2D eigenvalue weighted by atomic mass is 10.0. The van der Waals surface area contributed by atoms with Crippen LogP contribution in [0.25, 0.3) is 0 Å². The summed E-state index contributed by atoms with van der Waals surface area (Å²) >= 11 is 0. The van der Waals surface area contributed by atoms with Crippen molar-refractivity contribution in [3.05, 3.63) is 47.5 Å². The van der Waals surface area contributed by atoms with E-state index in [0.29, 0.717) is 6.04 Å². The molecule has 1 aromatic carbocycles. The molecule has 2 N–H and O–H groups in total. The third-order valence-electron chi connectivity index (χ3n) is 3.75. The summed E-state index contributed by atoms with van der Waals surface area (Å²) in [6, 6.07) is 9.09. The Morgan fingerprint density at radius 2 is 2.32 bits per heavy atom. The fourth-order valence-corrected chi connectivity index (χ4v) is 2.66. The minimum Gasteiger partial charge on any atom is -0.373 e. The molecule has 2 aromatic rings. The zero-order valence-electron chi connectivity index (χ0n) is 11.5. The molecular weight excluding hydrogens is 236 g/mol. The van der Waals surface area contributed by atoms with E-state index >= 15 is 0 Å². The molecule has 1 aliphatic heterocycles. The van der Waals surface area contributed by atoms with Gasteiger partial charge in [0, 0.05) is 38.3 Å². The van der Waals surface area contributed by atoms with E-state index in [9.17, 15) is 0 Å². The van der Waals surface area contributed by atoms with Crippen LogP contribution >= 0.6 is 0 Å². The Morgan fingerprint density at radius 3 is 3.16 bits per heavy atom. The first-order valence-corrected chi connectivity index (χ1v) is 6.74. The minimum atomic E-state index is 0.460. The maximum absolute atomic E-state index is 4.39. The van der Waals surface area contributed by atoms with Gasteiger partial charge in [-0.25, -0.2) is 4.98 Å². The summed E-state index contributed by atoms with van der Waals surface area (Å²) in [5.74, 6) is 0. The van der Waals surface area contributed by atoms with E-state index in [1.807, 2.05) is 0 Å². The molecule has 0 fully saturated rings. The van der Waals surface area contributed by atoms with Gasteiger partial charge in [0.2, 0.25) is 0 Å². The molecule has 3 rings (SSSR count). The highest BCUT2D eigenvalue weighted by Gasteiger charge is 2.21. The molecule has 4 nitrogen and oxygen atoms in total. The Labute approximate surface area is 113 Å². The standard InChI is InChI=1S/C15H20N4/c1-11-4-3-5-13(6-11)19(2)9-12-7-14-15(8-16-12)18-10-17-14/h3-6,10,12,16H,7-9H2,1-2H3,(H,17,18). The number of nitrogens with zero attached hydrogens (tertiary/aromatic N) is 2. The number of aromatic nitrogens is 2. The number of likely N-dealkylation sites (N-methyl/N-ethyl adjacent to an activating group) is 1. The summed E-state index contributed by atoms with van der Waals surface area (Å²) < 4.78 is 0. The second-order valence-electron chi connectivity index (χ2n) is 5.33. The van der Waals surface area contributed by atoms with Gasteiger partial charge < -0.3 is 15.2 Å². The van der Waals surface area contributed by atoms with Crippen molar-refractivity contribution in [1.29, 1.82) is 0 Å². The lowest BCUT2D eigenvalue weighted by molar-refractivity contribution is 0.472. The van der Waals surface area contributed by atoms with Crippen LogP contribution in [0.5, 0.6) is 0 Å². The molecule has 0 spiro atoms. The van der Waals surface area contributed by atoms with Crippen molar-refractivity contribution >= 4 is 5.69 Å². The van der Waals surface area contributed by atoms with Crippen LogP contribution < -0.4 is 10.2 Å². The van der Waals surface area contributed by atoms with E-state index in [2.05, 4.69) is 58.4 Å². The Balaban J connectivity index is 1.66. The fraction of sp³-hybridized carbons (Fsp3) is 0.400. The smallest absolute Gasteiger partial charge is 0.0925 e. The van der Waals surface area contributed by atoms with Gasteiger partial charge in [-0.3, -0.25) is 0 Å². The normalized spacial score (nSPS) is 18.1. The zero-order valence-corrected chi connectivity index (χ0v) is 11.5. The molecule has 100 valence electrons. The molecule has 0 amide bonds. The number of fused-ring (bicyclic) bond motifs is 1. The molecule has 2 heterocycles. The monoisotopic (exact) mass is 256 g/mol. The third-order valence-corrected chi connectivity index (χ3v) is 3.75. The van der Waals surface area contributed by atoms with E-state index < -0.39 is 0 Å². The van der Waals surface area contributed by atoms with Crippen molar-refractivity contribution in [1.82, 2.24) is 15.3 Å². The summed E-state index contributed by atoms with van der Waals surface area (Å²) in [6.45, 7) is 4.02. The highest BCUT2D eigenvalue weighted by atomic mass is 15.1. The van der Waals surface area contributed by atoms with Crippen molar-refractivity contribution in [2.24, 2.45) is 0 Å². The first-order chi connectivity index (χ1) is 9.22. The van der Waals surface area contributed by atoms with Gasteiger partial charge in [0.25, 0.3) is 0 Å². The number of aryl methyl sites for hydroxylation is 1. The van der Waals surface area contributed by atoms with Crippen LogP contribution in [0.4, 0.5) is 5.69 Å². The van der Waals surface area contributed by atoms with Gasteiger partial charge in [0.05, 0.1) is 17.7 Å². The Kier molecular flexibility index (Phi) is 3.25. The average molecular weight is 256 g/mol. The van der Waals surface area contributed by atoms with Crippen LogP contribution in [0.15, 0.2) is 30.6 Å².